The van der Waals surface area contributed by atoms with Crippen molar-refractivity contribution in [2.24, 2.45) is 5.92 Å². The highest BCUT2D eigenvalue weighted by molar-refractivity contribution is 5.80. The Hall–Kier alpha value is -3.33. The van der Waals surface area contributed by atoms with Gasteiger partial charge in [-0.2, -0.15) is 5.10 Å². The summed E-state index contributed by atoms with van der Waals surface area (Å²) in [7, 11) is 0. The summed E-state index contributed by atoms with van der Waals surface area (Å²) < 4.78 is 1.62. The molecule has 2 fully saturated rings. The average molecular weight is 447 g/mol. The topological polar surface area (TPSA) is 83.3 Å². The normalized spacial score (nSPS) is 19.6. The fraction of sp³-hybridized carbons (Fsp3) is 0.458. The standard InChI is InChI=1S/C24H30N8O/c33-24(30-13-11-29(12-14-30)10-8-20-5-2-1-3-6-20)21-7-4-9-31(16-21)22-15-23(27-18-26-22)32-19-25-17-28-32/h1-3,5-6,15,17-19,21H,4,7-14,16H2. The molecule has 0 spiro atoms. The number of rotatable bonds is 6. The van der Waals surface area contributed by atoms with Crippen LogP contribution in [0.1, 0.15) is 18.4 Å². The number of piperidine rings is 1. The highest BCUT2D eigenvalue weighted by Gasteiger charge is 2.31. The Morgan fingerprint density at radius 2 is 1.79 bits per heavy atom. The molecule has 172 valence electrons. The molecule has 0 radical (unpaired) electrons. The van der Waals surface area contributed by atoms with Crippen LogP contribution in [0.3, 0.4) is 0 Å². The molecule has 1 atom stereocenters. The van der Waals surface area contributed by atoms with Gasteiger partial charge in [-0.05, 0) is 24.8 Å². The molecule has 1 unspecified atom stereocenters. The Balaban J connectivity index is 1.14. The van der Waals surface area contributed by atoms with Crippen LogP contribution in [0.4, 0.5) is 5.82 Å². The quantitative estimate of drug-likeness (QED) is 0.569. The molecular weight excluding hydrogens is 416 g/mol. The van der Waals surface area contributed by atoms with Crippen molar-refractivity contribution in [2.45, 2.75) is 19.3 Å². The number of nitrogens with zero attached hydrogens (tertiary/aromatic N) is 8. The lowest BCUT2D eigenvalue weighted by molar-refractivity contribution is -0.137. The highest BCUT2D eigenvalue weighted by atomic mass is 16.2. The summed E-state index contributed by atoms with van der Waals surface area (Å²) >= 11 is 0. The van der Waals surface area contributed by atoms with Gasteiger partial charge in [0.05, 0.1) is 5.92 Å². The Morgan fingerprint density at radius 3 is 2.58 bits per heavy atom. The summed E-state index contributed by atoms with van der Waals surface area (Å²) in [6.45, 7) is 6.16. The summed E-state index contributed by atoms with van der Waals surface area (Å²) in [4.78, 5) is 32.8. The zero-order chi connectivity index (χ0) is 22.5. The maximum absolute atomic E-state index is 13.3. The molecule has 0 aliphatic carbocycles. The van der Waals surface area contributed by atoms with Crippen LogP contribution in [0, 0.1) is 5.92 Å². The minimum Gasteiger partial charge on any atom is -0.356 e. The predicted octanol–water partition coefficient (Wildman–Crippen LogP) is 1.66. The molecule has 1 aromatic carbocycles. The number of aromatic nitrogens is 5. The van der Waals surface area contributed by atoms with E-state index in [0.29, 0.717) is 12.4 Å². The van der Waals surface area contributed by atoms with E-state index < -0.39 is 0 Å². The Bertz CT molecular complexity index is 1030. The van der Waals surface area contributed by atoms with E-state index in [1.807, 2.05) is 6.07 Å². The summed E-state index contributed by atoms with van der Waals surface area (Å²) in [5.74, 6) is 1.81. The average Bonchev–Trinajstić information content (AvgIpc) is 3.43. The van der Waals surface area contributed by atoms with Crippen molar-refractivity contribution in [3.8, 4) is 5.82 Å². The maximum Gasteiger partial charge on any atom is 0.227 e. The van der Waals surface area contributed by atoms with Crippen molar-refractivity contribution < 1.29 is 4.79 Å². The summed E-state index contributed by atoms with van der Waals surface area (Å²) in [5.41, 5.74) is 1.37. The number of amides is 1. The molecule has 3 aromatic rings. The fourth-order valence-corrected chi connectivity index (χ4v) is 4.73. The van der Waals surface area contributed by atoms with Crippen molar-refractivity contribution >= 4 is 11.7 Å². The monoisotopic (exact) mass is 446 g/mol. The van der Waals surface area contributed by atoms with Gasteiger partial charge in [0.15, 0.2) is 5.82 Å². The van der Waals surface area contributed by atoms with E-state index in [0.717, 1.165) is 64.3 Å². The molecule has 0 saturated carbocycles. The molecule has 2 aliphatic heterocycles. The van der Waals surface area contributed by atoms with Crippen molar-refractivity contribution in [3.63, 3.8) is 0 Å². The predicted molar refractivity (Wildman–Crippen MR) is 125 cm³/mol. The maximum atomic E-state index is 13.3. The molecule has 9 nitrogen and oxygen atoms in total. The second kappa shape index (κ2) is 10.1. The molecule has 1 amide bonds. The largest absolute Gasteiger partial charge is 0.356 e. The van der Waals surface area contributed by atoms with E-state index in [9.17, 15) is 4.79 Å². The third-order valence-corrected chi connectivity index (χ3v) is 6.63. The van der Waals surface area contributed by atoms with Gasteiger partial charge in [-0.25, -0.2) is 19.6 Å². The third-order valence-electron chi connectivity index (χ3n) is 6.63. The molecule has 33 heavy (non-hydrogen) atoms. The molecule has 2 saturated heterocycles. The molecule has 0 N–H and O–H groups in total. The molecule has 2 aliphatic rings. The number of piperazine rings is 1. The summed E-state index contributed by atoms with van der Waals surface area (Å²) in [6, 6.07) is 12.5. The molecule has 9 heteroatoms. The van der Waals surface area contributed by atoms with Crippen molar-refractivity contribution in [2.75, 3.05) is 50.7 Å². The molecular formula is C24H30N8O. The van der Waals surface area contributed by atoms with Gasteiger partial charge in [0.25, 0.3) is 0 Å². The third kappa shape index (κ3) is 5.19. The number of anilines is 1. The van der Waals surface area contributed by atoms with Gasteiger partial charge in [0, 0.05) is 51.9 Å². The van der Waals surface area contributed by atoms with E-state index in [4.69, 9.17) is 0 Å². The number of hydrogen-bond donors (Lipinski definition) is 0. The van der Waals surface area contributed by atoms with Gasteiger partial charge in [-0.1, -0.05) is 30.3 Å². The van der Waals surface area contributed by atoms with Crippen molar-refractivity contribution in [1.29, 1.82) is 0 Å². The smallest absolute Gasteiger partial charge is 0.227 e. The molecule has 0 bridgehead atoms. The molecule has 4 heterocycles. The second-order valence-corrected chi connectivity index (χ2v) is 8.76. The van der Waals surface area contributed by atoms with Gasteiger partial charge in [-0.15, -0.1) is 0 Å². The summed E-state index contributed by atoms with van der Waals surface area (Å²) in [5, 5.41) is 4.15. The van der Waals surface area contributed by atoms with Gasteiger partial charge < -0.3 is 9.80 Å². The lowest BCUT2D eigenvalue weighted by Crippen LogP contribution is -2.52. The van der Waals surface area contributed by atoms with Gasteiger partial charge in [0.2, 0.25) is 5.91 Å². The SMILES string of the molecule is O=C(C1CCCN(c2cc(-n3cncn3)ncn2)C1)N1CCN(CCc2ccccc2)CC1. The van der Waals surface area contributed by atoms with E-state index in [1.165, 1.54) is 11.9 Å². The second-order valence-electron chi connectivity index (χ2n) is 8.76. The highest BCUT2D eigenvalue weighted by Crippen LogP contribution is 2.24. The van der Waals surface area contributed by atoms with E-state index in [2.05, 4.69) is 65.1 Å². The molecule has 5 rings (SSSR count). The van der Waals surface area contributed by atoms with Crippen LogP contribution < -0.4 is 4.90 Å². The fourth-order valence-electron chi connectivity index (χ4n) is 4.73. The van der Waals surface area contributed by atoms with Gasteiger partial charge in [0.1, 0.15) is 24.8 Å². The van der Waals surface area contributed by atoms with E-state index in [-0.39, 0.29) is 11.8 Å². The lowest BCUT2D eigenvalue weighted by Gasteiger charge is -2.39. The lowest BCUT2D eigenvalue weighted by atomic mass is 9.96. The first-order valence-corrected chi connectivity index (χ1v) is 11.7. The van der Waals surface area contributed by atoms with Crippen LogP contribution >= 0.6 is 0 Å². The Labute approximate surface area is 194 Å². The Kier molecular flexibility index (Phi) is 6.57. The number of hydrogen-bond acceptors (Lipinski definition) is 7. The minimum atomic E-state index is 0.0133. The van der Waals surface area contributed by atoms with Crippen LogP contribution in [0.5, 0.6) is 0 Å². The van der Waals surface area contributed by atoms with Crippen molar-refractivity contribution in [1.82, 2.24) is 34.5 Å². The van der Waals surface area contributed by atoms with Crippen LogP contribution in [0.2, 0.25) is 0 Å². The first kappa shape index (κ1) is 21.5. The zero-order valence-electron chi connectivity index (χ0n) is 18.8. The first-order valence-electron chi connectivity index (χ1n) is 11.7. The van der Waals surface area contributed by atoms with Crippen LogP contribution in [-0.4, -0.2) is 86.3 Å². The van der Waals surface area contributed by atoms with Crippen molar-refractivity contribution in [3.05, 3.63) is 60.9 Å². The molecule has 2 aromatic heterocycles. The van der Waals surface area contributed by atoms with E-state index >= 15 is 0 Å². The number of benzene rings is 1. The number of carbonyl (C=O) groups is 1. The van der Waals surface area contributed by atoms with Gasteiger partial charge in [-0.3, -0.25) is 9.69 Å². The minimum absolute atomic E-state index is 0.0133. The zero-order valence-corrected chi connectivity index (χ0v) is 18.8. The van der Waals surface area contributed by atoms with Gasteiger partial charge >= 0.3 is 0 Å². The Morgan fingerprint density at radius 1 is 0.970 bits per heavy atom. The van der Waals surface area contributed by atoms with Crippen LogP contribution in [0.25, 0.3) is 5.82 Å². The first-order chi connectivity index (χ1) is 16.3. The van der Waals surface area contributed by atoms with Crippen LogP contribution in [0.15, 0.2) is 55.4 Å². The summed E-state index contributed by atoms with van der Waals surface area (Å²) in [6.07, 6.45) is 7.63. The number of carbonyl (C=O) groups excluding carboxylic acids is 1. The van der Waals surface area contributed by atoms with E-state index in [1.54, 1.807) is 17.3 Å². The van der Waals surface area contributed by atoms with Crippen LogP contribution in [-0.2, 0) is 11.2 Å².